The Hall–Kier alpha value is -2.21. The zero-order valence-corrected chi connectivity index (χ0v) is 20.0. The van der Waals surface area contributed by atoms with Crippen LogP contribution in [0.4, 0.5) is 13.2 Å². The van der Waals surface area contributed by atoms with Crippen molar-refractivity contribution in [3.63, 3.8) is 0 Å². The normalized spacial score (nSPS) is 28.9. The maximum atomic E-state index is 13.4. The number of rotatable bonds is 10. The third-order valence-corrected chi connectivity index (χ3v) is 7.64. The minimum Gasteiger partial charge on any atom is -0.383 e. The first kappa shape index (κ1) is 27.4. The highest BCUT2D eigenvalue weighted by molar-refractivity contribution is 5.95. The Bertz CT molecular complexity index is 823. The van der Waals surface area contributed by atoms with Gasteiger partial charge in [0.1, 0.15) is 18.8 Å². The van der Waals surface area contributed by atoms with Crippen molar-refractivity contribution in [2.24, 2.45) is 23.7 Å². The number of halogens is 3. The van der Waals surface area contributed by atoms with Gasteiger partial charge in [0.15, 0.2) is 5.78 Å². The fraction of sp³-hybridized carbons (Fsp3) is 0.826. The van der Waals surface area contributed by atoms with Gasteiger partial charge in [-0.3, -0.25) is 23.9 Å². The van der Waals surface area contributed by atoms with E-state index in [-0.39, 0.29) is 30.1 Å². The van der Waals surface area contributed by atoms with Crippen LogP contribution in [0.15, 0.2) is 0 Å². The summed E-state index contributed by atoms with van der Waals surface area (Å²) in [5.74, 6) is -3.61. The molecule has 2 aliphatic heterocycles. The highest BCUT2D eigenvalue weighted by Crippen LogP contribution is 2.42. The Morgan fingerprint density at radius 2 is 1.97 bits per heavy atom. The largest absolute Gasteiger partial charge is 0.522 e. The van der Waals surface area contributed by atoms with Gasteiger partial charge in [-0.1, -0.05) is 26.7 Å². The maximum absolute atomic E-state index is 13.4. The van der Waals surface area contributed by atoms with E-state index in [1.165, 1.54) is 4.90 Å². The molecule has 0 aromatic heterocycles. The van der Waals surface area contributed by atoms with Gasteiger partial charge in [0.2, 0.25) is 11.8 Å². The molecule has 1 saturated carbocycles. The summed E-state index contributed by atoms with van der Waals surface area (Å²) in [4.78, 5) is 52.5. The minimum atomic E-state index is -5.02. The average Bonchev–Trinajstić information content (AvgIpc) is 3.51. The number of nitrogens with one attached hydrogen (secondary N) is 2. The van der Waals surface area contributed by atoms with Crippen LogP contribution in [-0.4, -0.2) is 77.8 Å². The molecule has 35 heavy (non-hydrogen) atoms. The number of aliphatic hydroxyl groups excluding tert-OH is 1. The second-order valence-electron chi connectivity index (χ2n) is 9.89. The van der Waals surface area contributed by atoms with E-state index in [0.717, 1.165) is 12.8 Å². The molecule has 3 rings (SSSR count). The third kappa shape index (κ3) is 6.52. The predicted octanol–water partition coefficient (Wildman–Crippen LogP) is 1.14. The summed E-state index contributed by atoms with van der Waals surface area (Å²) in [5.41, 5.74) is 0. The number of hydrogen-bond donors (Lipinski definition) is 3. The standard InChI is InChI=1S/C23H34F3N3O6/c1-3-12(2)19(31)22(34)29-10-14-5-4-6-15(14)18(29)21(33)28-16(9-13-7-8-27-20(13)32)17(30)11-35-23(24,25)26/h12-16,18-19,31H,3-11H2,1-2H3,(H,27,32)(H,28,33)/t12?,13-,14-,15-,16?,18-,19?/m0/s1. The molecule has 198 valence electrons. The predicted molar refractivity (Wildman–Crippen MR) is 116 cm³/mol. The number of likely N-dealkylation sites (tertiary alicyclic amines) is 1. The monoisotopic (exact) mass is 505 g/mol. The lowest BCUT2D eigenvalue weighted by atomic mass is 9.91. The zero-order valence-electron chi connectivity index (χ0n) is 20.0. The van der Waals surface area contributed by atoms with Crippen LogP contribution in [0.5, 0.6) is 0 Å². The van der Waals surface area contributed by atoms with Crippen LogP contribution in [-0.2, 0) is 23.9 Å². The Labute approximate surface area is 202 Å². The van der Waals surface area contributed by atoms with Crippen LogP contribution in [0.2, 0.25) is 0 Å². The molecule has 7 atom stereocenters. The van der Waals surface area contributed by atoms with E-state index in [2.05, 4.69) is 15.4 Å². The van der Waals surface area contributed by atoms with Gasteiger partial charge in [-0.25, -0.2) is 0 Å². The number of ketones is 1. The maximum Gasteiger partial charge on any atom is 0.522 e. The van der Waals surface area contributed by atoms with Crippen LogP contribution in [0.3, 0.4) is 0 Å². The number of nitrogens with zero attached hydrogens (tertiary/aromatic N) is 1. The van der Waals surface area contributed by atoms with E-state index in [4.69, 9.17) is 0 Å². The summed E-state index contributed by atoms with van der Waals surface area (Å²) in [6.07, 6.45) is -3.14. The van der Waals surface area contributed by atoms with Gasteiger partial charge in [0, 0.05) is 19.0 Å². The van der Waals surface area contributed by atoms with Crippen molar-refractivity contribution < 1.29 is 42.2 Å². The lowest BCUT2D eigenvalue weighted by Crippen LogP contribution is -2.55. The highest BCUT2D eigenvalue weighted by atomic mass is 19.4. The van der Waals surface area contributed by atoms with E-state index >= 15 is 0 Å². The molecule has 0 radical (unpaired) electrons. The fourth-order valence-corrected chi connectivity index (χ4v) is 5.44. The molecule has 2 saturated heterocycles. The average molecular weight is 506 g/mol. The van der Waals surface area contributed by atoms with Crippen LogP contribution >= 0.6 is 0 Å². The molecule has 0 aromatic carbocycles. The molecule has 12 heteroatoms. The van der Waals surface area contributed by atoms with Crippen molar-refractivity contribution in [2.45, 2.75) is 76.9 Å². The molecule has 9 nitrogen and oxygen atoms in total. The second kappa shape index (κ2) is 11.2. The number of carbonyl (C=O) groups is 4. The molecule has 3 amide bonds. The van der Waals surface area contributed by atoms with Crippen molar-refractivity contribution >= 4 is 23.5 Å². The van der Waals surface area contributed by atoms with Gasteiger partial charge in [0.25, 0.3) is 5.91 Å². The van der Waals surface area contributed by atoms with E-state index in [1.54, 1.807) is 6.92 Å². The quantitative estimate of drug-likeness (QED) is 0.409. The lowest BCUT2D eigenvalue weighted by molar-refractivity contribution is -0.321. The number of ether oxygens (including phenoxy) is 1. The Morgan fingerprint density at radius 1 is 1.26 bits per heavy atom. The summed E-state index contributed by atoms with van der Waals surface area (Å²) in [6.45, 7) is 2.95. The number of Topliss-reactive ketones (excluding diaryl/α,β-unsaturated/α-hetero) is 1. The fourth-order valence-electron chi connectivity index (χ4n) is 5.44. The SMILES string of the molecule is CCC(C)C(O)C(=O)N1C[C@@H]2CCC[C@@H]2[C@H]1C(=O)NC(C[C@@H]1CCNC1=O)C(=O)COC(F)(F)F. The molecule has 3 aliphatic rings. The second-order valence-corrected chi connectivity index (χ2v) is 9.89. The number of carbonyl (C=O) groups excluding carboxylic acids is 4. The number of hydrogen-bond acceptors (Lipinski definition) is 6. The van der Waals surface area contributed by atoms with Gasteiger partial charge in [-0.15, -0.1) is 13.2 Å². The van der Waals surface area contributed by atoms with E-state index in [1.807, 2.05) is 6.92 Å². The molecule has 3 fully saturated rings. The number of aliphatic hydroxyl groups is 1. The molecule has 0 spiro atoms. The molecule has 0 aromatic rings. The minimum absolute atomic E-state index is 0.0714. The van der Waals surface area contributed by atoms with Crippen LogP contribution in [0.1, 0.15) is 52.4 Å². The van der Waals surface area contributed by atoms with Gasteiger partial charge in [-0.05, 0) is 43.4 Å². The molecule has 3 N–H and O–H groups in total. The van der Waals surface area contributed by atoms with Crippen molar-refractivity contribution in [1.82, 2.24) is 15.5 Å². The van der Waals surface area contributed by atoms with Gasteiger partial charge < -0.3 is 20.6 Å². The van der Waals surface area contributed by atoms with Crippen LogP contribution in [0.25, 0.3) is 0 Å². The molecule has 2 heterocycles. The number of fused-ring (bicyclic) bond motifs is 1. The highest BCUT2D eigenvalue weighted by Gasteiger charge is 2.51. The first-order chi connectivity index (χ1) is 16.4. The van der Waals surface area contributed by atoms with Crippen molar-refractivity contribution in [2.75, 3.05) is 19.7 Å². The Morgan fingerprint density at radius 3 is 2.57 bits per heavy atom. The van der Waals surface area contributed by atoms with Gasteiger partial charge >= 0.3 is 6.36 Å². The molecular weight excluding hydrogens is 471 g/mol. The summed E-state index contributed by atoms with van der Waals surface area (Å²) in [6, 6.07) is -2.32. The van der Waals surface area contributed by atoms with E-state index in [0.29, 0.717) is 32.4 Å². The van der Waals surface area contributed by atoms with Gasteiger partial charge in [-0.2, -0.15) is 0 Å². The Balaban J connectivity index is 1.78. The zero-order chi connectivity index (χ0) is 25.9. The van der Waals surface area contributed by atoms with Crippen molar-refractivity contribution in [3.8, 4) is 0 Å². The molecule has 1 aliphatic carbocycles. The van der Waals surface area contributed by atoms with Crippen LogP contribution < -0.4 is 10.6 Å². The first-order valence-electron chi connectivity index (χ1n) is 12.2. The smallest absolute Gasteiger partial charge is 0.383 e. The topological polar surface area (TPSA) is 125 Å². The van der Waals surface area contributed by atoms with E-state index < -0.39 is 54.7 Å². The number of alkyl halides is 3. The molecular formula is C23H34F3N3O6. The molecule has 3 unspecified atom stereocenters. The lowest BCUT2D eigenvalue weighted by Gasteiger charge is -2.31. The number of amides is 3. The summed E-state index contributed by atoms with van der Waals surface area (Å²) < 4.78 is 41.2. The summed E-state index contributed by atoms with van der Waals surface area (Å²) >= 11 is 0. The van der Waals surface area contributed by atoms with Crippen molar-refractivity contribution in [3.05, 3.63) is 0 Å². The summed E-state index contributed by atoms with van der Waals surface area (Å²) in [5, 5.41) is 15.6. The van der Waals surface area contributed by atoms with Crippen LogP contribution in [0, 0.1) is 23.7 Å². The van der Waals surface area contributed by atoms with Crippen molar-refractivity contribution in [1.29, 1.82) is 0 Å². The first-order valence-corrected chi connectivity index (χ1v) is 12.2. The third-order valence-electron chi connectivity index (χ3n) is 7.64. The Kier molecular flexibility index (Phi) is 8.79. The van der Waals surface area contributed by atoms with Gasteiger partial charge in [0.05, 0.1) is 6.04 Å². The van der Waals surface area contributed by atoms with E-state index in [9.17, 15) is 37.5 Å². The summed E-state index contributed by atoms with van der Waals surface area (Å²) in [7, 11) is 0. The molecule has 0 bridgehead atoms.